The van der Waals surface area contributed by atoms with Crippen LogP contribution in [0.5, 0.6) is 0 Å². The second kappa shape index (κ2) is 9.67. The van der Waals surface area contributed by atoms with E-state index in [0.717, 1.165) is 53.5 Å². The van der Waals surface area contributed by atoms with Crippen molar-refractivity contribution in [3.8, 4) is 0 Å². The number of anilines is 2. The molecule has 32 heavy (non-hydrogen) atoms. The van der Waals surface area contributed by atoms with Crippen molar-refractivity contribution < 1.29 is 14.1 Å². The van der Waals surface area contributed by atoms with Crippen molar-refractivity contribution in [2.24, 2.45) is 0 Å². The minimum Gasteiger partial charge on any atom is -0.481 e. The lowest BCUT2D eigenvalue weighted by Gasteiger charge is -2.35. The zero-order valence-electron chi connectivity index (χ0n) is 18.4. The lowest BCUT2D eigenvalue weighted by Crippen LogP contribution is -2.29. The Morgan fingerprint density at radius 1 is 1.03 bits per heavy atom. The van der Waals surface area contributed by atoms with Gasteiger partial charge in [-0.2, -0.15) is 0 Å². The second-order valence-electron chi connectivity index (χ2n) is 8.13. The maximum absolute atomic E-state index is 13.5. The highest BCUT2D eigenvalue weighted by Crippen LogP contribution is 2.45. The van der Waals surface area contributed by atoms with Crippen LogP contribution in [0.25, 0.3) is 0 Å². The molecule has 1 aliphatic heterocycles. The Bertz CT molecular complexity index is 1160. The number of carbonyl (C=O) groups is 1. The van der Waals surface area contributed by atoms with Crippen LogP contribution in [0.2, 0.25) is 0 Å². The van der Waals surface area contributed by atoms with Gasteiger partial charge < -0.3 is 15.3 Å². The molecule has 0 fully saturated rings. The van der Waals surface area contributed by atoms with E-state index in [-0.39, 0.29) is 6.42 Å². The summed E-state index contributed by atoms with van der Waals surface area (Å²) in [5.74, 6) is -0.919. The minimum absolute atomic E-state index is 0.137. The molecule has 0 aromatic heterocycles. The van der Waals surface area contributed by atoms with Crippen molar-refractivity contribution in [1.29, 1.82) is 0 Å². The van der Waals surface area contributed by atoms with Crippen LogP contribution in [0, 0.1) is 13.8 Å². The van der Waals surface area contributed by atoms with Gasteiger partial charge in [0.05, 0.1) is 38.4 Å². The fourth-order valence-corrected chi connectivity index (χ4v) is 5.81. The molecule has 1 atom stereocenters. The smallest absolute Gasteiger partial charge is 0.307 e. The van der Waals surface area contributed by atoms with Crippen molar-refractivity contribution >= 4 is 28.1 Å². The molecule has 0 radical (unpaired) electrons. The van der Waals surface area contributed by atoms with Crippen molar-refractivity contribution in [3.63, 3.8) is 0 Å². The molecule has 1 aliphatic rings. The summed E-state index contributed by atoms with van der Waals surface area (Å²) in [6.07, 6.45) is 0.760. The van der Waals surface area contributed by atoms with Crippen molar-refractivity contribution in [2.45, 2.75) is 43.0 Å². The SMILES string of the molecule is Cc1ccc2c(c1C)N(CCCNCc1ccccc1)c1cccc(CC(=O)O)c1S2=O. The van der Waals surface area contributed by atoms with Gasteiger partial charge in [0.25, 0.3) is 0 Å². The number of rotatable bonds is 8. The number of benzene rings is 3. The Balaban J connectivity index is 1.61. The molecular weight excluding hydrogens is 420 g/mol. The molecule has 0 saturated carbocycles. The molecule has 3 aromatic rings. The quantitative estimate of drug-likeness (QED) is 0.488. The maximum atomic E-state index is 13.5. The highest BCUT2D eigenvalue weighted by Gasteiger charge is 2.31. The molecule has 0 aliphatic carbocycles. The number of carboxylic acids is 1. The van der Waals surface area contributed by atoms with Crippen molar-refractivity contribution in [1.82, 2.24) is 5.32 Å². The van der Waals surface area contributed by atoms with E-state index in [0.29, 0.717) is 10.5 Å². The summed E-state index contributed by atoms with van der Waals surface area (Å²) in [6.45, 7) is 6.55. The number of nitrogens with one attached hydrogen (secondary N) is 1. The van der Waals surface area contributed by atoms with Gasteiger partial charge in [0.2, 0.25) is 0 Å². The van der Waals surface area contributed by atoms with E-state index in [1.165, 1.54) is 5.56 Å². The molecule has 4 rings (SSSR count). The van der Waals surface area contributed by atoms with Gasteiger partial charge in [-0.1, -0.05) is 48.5 Å². The van der Waals surface area contributed by atoms with Gasteiger partial charge in [-0.25, -0.2) is 4.21 Å². The van der Waals surface area contributed by atoms with Gasteiger partial charge in [0.15, 0.2) is 0 Å². The largest absolute Gasteiger partial charge is 0.481 e. The van der Waals surface area contributed by atoms with Crippen LogP contribution in [-0.2, 0) is 28.6 Å². The molecule has 0 amide bonds. The Kier molecular flexibility index (Phi) is 6.72. The van der Waals surface area contributed by atoms with Crippen molar-refractivity contribution in [2.75, 3.05) is 18.0 Å². The Morgan fingerprint density at radius 2 is 1.81 bits per heavy atom. The first-order chi connectivity index (χ1) is 15.5. The van der Waals surface area contributed by atoms with Gasteiger partial charge >= 0.3 is 5.97 Å². The summed E-state index contributed by atoms with van der Waals surface area (Å²) in [7, 11) is -1.41. The van der Waals surface area contributed by atoms with Gasteiger partial charge in [-0.05, 0) is 61.2 Å². The fraction of sp³-hybridized carbons (Fsp3) is 0.269. The predicted molar refractivity (Wildman–Crippen MR) is 128 cm³/mol. The molecule has 5 nitrogen and oxygen atoms in total. The topological polar surface area (TPSA) is 69.6 Å². The van der Waals surface area contributed by atoms with E-state index in [9.17, 15) is 14.1 Å². The number of nitrogens with zero attached hydrogens (tertiary/aromatic N) is 1. The number of fused-ring (bicyclic) bond motifs is 2. The standard InChI is InChI=1S/C26H28N2O3S/c1-18-12-13-23-25(19(18)2)28(15-7-14-27-17-20-8-4-3-5-9-20)22-11-6-10-21(16-24(29)30)26(22)32(23)31/h3-6,8-13,27H,7,14-17H2,1-2H3,(H,29,30). The van der Waals surface area contributed by atoms with E-state index in [1.807, 2.05) is 42.5 Å². The normalized spacial score (nSPS) is 14.7. The van der Waals surface area contributed by atoms with Crippen LogP contribution in [0.3, 0.4) is 0 Å². The lowest BCUT2D eigenvalue weighted by molar-refractivity contribution is -0.136. The van der Waals surface area contributed by atoms with Crippen LogP contribution < -0.4 is 10.2 Å². The van der Waals surface area contributed by atoms with E-state index >= 15 is 0 Å². The summed E-state index contributed by atoms with van der Waals surface area (Å²) in [5, 5.41) is 12.9. The predicted octanol–water partition coefficient (Wildman–Crippen LogP) is 4.73. The molecule has 1 heterocycles. The number of hydrogen-bond acceptors (Lipinski definition) is 4. The van der Waals surface area contributed by atoms with Crippen LogP contribution in [-0.4, -0.2) is 28.4 Å². The summed E-state index contributed by atoms with van der Waals surface area (Å²) in [5.41, 5.74) is 5.98. The highest BCUT2D eigenvalue weighted by atomic mass is 32.2. The van der Waals surface area contributed by atoms with Crippen LogP contribution >= 0.6 is 0 Å². The first-order valence-corrected chi connectivity index (χ1v) is 12.0. The van der Waals surface area contributed by atoms with E-state index in [1.54, 1.807) is 6.07 Å². The minimum atomic E-state index is -1.41. The second-order valence-corrected chi connectivity index (χ2v) is 9.51. The molecule has 0 bridgehead atoms. The van der Waals surface area contributed by atoms with E-state index in [2.05, 4.69) is 36.2 Å². The molecule has 0 saturated heterocycles. The molecule has 0 spiro atoms. The molecule has 6 heteroatoms. The number of hydrogen-bond donors (Lipinski definition) is 2. The Labute approximate surface area is 191 Å². The summed E-state index contributed by atoms with van der Waals surface area (Å²) in [4.78, 5) is 15.0. The third-order valence-electron chi connectivity index (χ3n) is 5.94. The van der Waals surface area contributed by atoms with Gasteiger partial charge in [-0.3, -0.25) is 4.79 Å². The Morgan fingerprint density at radius 3 is 2.56 bits per heavy atom. The van der Waals surface area contributed by atoms with Gasteiger partial charge in [0, 0.05) is 13.1 Å². The molecule has 3 aromatic carbocycles. The van der Waals surface area contributed by atoms with E-state index < -0.39 is 16.8 Å². The third-order valence-corrected chi connectivity index (χ3v) is 7.51. The van der Waals surface area contributed by atoms with E-state index in [4.69, 9.17) is 0 Å². The molecule has 166 valence electrons. The highest BCUT2D eigenvalue weighted by molar-refractivity contribution is 7.85. The molecule has 2 N–H and O–H groups in total. The van der Waals surface area contributed by atoms with Gasteiger partial charge in [0.1, 0.15) is 0 Å². The van der Waals surface area contributed by atoms with Crippen LogP contribution in [0.4, 0.5) is 11.4 Å². The van der Waals surface area contributed by atoms with Gasteiger partial charge in [-0.15, -0.1) is 0 Å². The summed E-state index contributed by atoms with van der Waals surface area (Å²) < 4.78 is 13.5. The van der Waals surface area contributed by atoms with Crippen LogP contribution in [0.15, 0.2) is 70.5 Å². The maximum Gasteiger partial charge on any atom is 0.307 e. The zero-order chi connectivity index (χ0) is 22.7. The fourth-order valence-electron chi connectivity index (χ4n) is 4.21. The molecular formula is C26H28N2O3S. The Hall–Kier alpha value is -2.96. The lowest BCUT2D eigenvalue weighted by atomic mass is 10.0. The number of aryl methyl sites for hydroxylation is 1. The zero-order valence-corrected chi connectivity index (χ0v) is 19.2. The number of aliphatic carboxylic acids is 1. The molecule has 1 unspecified atom stereocenters. The summed E-state index contributed by atoms with van der Waals surface area (Å²) >= 11 is 0. The van der Waals surface area contributed by atoms with Crippen LogP contribution in [0.1, 0.15) is 28.7 Å². The average Bonchev–Trinajstić information content (AvgIpc) is 2.78. The average molecular weight is 449 g/mol. The summed E-state index contributed by atoms with van der Waals surface area (Å²) in [6, 6.07) is 19.8. The first kappa shape index (κ1) is 22.2. The first-order valence-electron chi connectivity index (χ1n) is 10.8. The number of carboxylic acid groups (broad SMARTS) is 1. The monoisotopic (exact) mass is 448 g/mol. The third kappa shape index (κ3) is 4.47. The van der Waals surface area contributed by atoms with Crippen molar-refractivity contribution in [3.05, 3.63) is 82.9 Å².